The summed E-state index contributed by atoms with van der Waals surface area (Å²) in [6.45, 7) is 5.22. The summed E-state index contributed by atoms with van der Waals surface area (Å²) in [5.41, 5.74) is 5.92. The molecule has 1 aliphatic rings. The average Bonchev–Trinajstić information content (AvgIpc) is 2.17. The maximum atomic E-state index is 5.92. The van der Waals surface area contributed by atoms with E-state index in [2.05, 4.69) is 13.8 Å². The van der Waals surface area contributed by atoms with Gasteiger partial charge < -0.3 is 10.5 Å². The van der Waals surface area contributed by atoms with Crippen molar-refractivity contribution in [2.45, 2.75) is 64.5 Å². The fourth-order valence-corrected chi connectivity index (χ4v) is 2.23. The number of hydrogen-bond acceptors (Lipinski definition) is 2. The van der Waals surface area contributed by atoms with Crippen LogP contribution in [0.25, 0.3) is 0 Å². The molecule has 14 heavy (non-hydrogen) atoms. The van der Waals surface area contributed by atoms with Crippen molar-refractivity contribution < 1.29 is 4.74 Å². The van der Waals surface area contributed by atoms with E-state index in [0.29, 0.717) is 6.10 Å². The van der Waals surface area contributed by atoms with Gasteiger partial charge in [0.2, 0.25) is 0 Å². The largest absolute Gasteiger partial charge is 0.376 e. The maximum absolute atomic E-state index is 5.92. The summed E-state index contributed by atoms with van der Waals surface area (Å²) in [4.78, 5) is 0. The summed E-state index contributed by atoms with van der Waals surface area (Å²) in [6, 6.07) is 0.245. The predicted octanol–water partition coefficient (Wildman–Crippen LogP) is 2.71. The van der Waals surface area contributed by atoms with Gasteiger partial charge >= 0.3 is 0 Å². The van der Waals surface area contributed by atoms with Crippen molar-refractivity contribution in [3.05, 3.63) is 0 Å². The molecule has 0 amide bonds. The van der Waals surface area contributed by atoms with Crippen LogP contribution in [0.2, 0.25) is 0 Å². The Labute approximate surface area is 88.2 Å². The molecule has 2 N–H and O–H groups in total. The summed E-state index contributed by atoms with van der Waals surface area (Å²) < 4.78 is 5.88. The van der Waals surface area contributed by atoms with Crippen molar-refractivity contribution in [2.75, 3.05) is 6.61 Å². The molecule has 1 fully saturated rings. The third kappa shape index (κ3) is 3.97. The van der Waals surface area contributed by atoms with E-state index in [9.17, 15) is 0 Å². The molecule has 2 nitrogen and oxygen atoms in total. The van der Waals surface area contributed by atoms with E-state index in [-0.39, 0.29) is 6.04 Å². The van der Waals surface area contributed by atoms with Crippen molar-refractivity contribution in [3.63, 3.8) is 0 Å². The van der Waals surface area contributed by atoms with Crippen LogP contribution >= 0.6 is 0 Å². The van der Waals surface area contributed by atoms with Crippen LogP contribution in [0, 0.1) is 5.92 Å². The first kappa shape index (κ1) is 12.0. The fourth-order valence-electron chi connectivity index (χ4n) is 2.23. The molecule has 0 bridgehead atoms. The lowest BCUT2D eigenvalue weighted by Crippen LogP contribution is -2.32. The van der Waals surface area contributed by atoms with Crippen LogP contribution in [0.4, 0.5) is 0 Å². The topological polar surface area (TPSA) is 35.2 Å². The SMILES string of the molecule is CCCC(N)COC1CCCCC1C. The molecule has 3 unspecified atom stereocenters. The van der Waals surface area contributed by atoms with E-state index in [0.717, 1.165) is 25.4 Å². The van der Waals surface area contributed by atoms with E-state index in [1.165, 1.54) is 25.7 Å². The fraction of sp³-hybridized carbons (Fsp3) is 1.00. The Morgan fingerprint density at radius 2 is 2.07 bits per heavy atom. The van der Waals surface area contributed by atoms with Crippen LogP contribution in [0.5, 0.6) is 0 Å². The minimum Gasteiger partial charge on any atom is -0.376 e. The molecule has 3 atom stereocenters. The molecule has 2 heteroatoms. The lowest BCUT2D eigenvalue weighted by atomic mass is 9.88. The Balaban J connectivity index is 2.15. The van der Waals surface area contributed by atoms with Crippen LogP contribution in [-0.4, -0.2) is 18.8 Å². The Hall–Kier alpha value is -0.0800. The van der Waals surface area contributed by atoms with Crippen molar-refractivity contribution in [1.29, 1.82) is 0 Å². The molecule has 0 aliphatic heterocycles. The first-order valence-corrected chi connectivity index (χ1v) is 6.11. The second-order valence-corrected chi connectivity index (χ2v) is 4.68. The number of hydrogen-bond donors (Lipinski definition) is 1. The van der Waals surface area contributed by atoms with E-state index in [1.54, 1.807) is 0 Å². The molecular weight excluding hydrogens is 174 g/mol. The highest BCUT2D eigenvalue weighted by Gasteiger charge is 2.22. The van der Waals surface area contributed by atoms with Crippen LogP contribution < -0.4 is 5.73 Å². The third-order valence-corrected chi connectivity index (χ3v) is 3.22. The molecule has 1 aliphatic carbocycles. The molecule has 0 aromatic heterocycles. The van der Waals surface area contributed by atoms with Gasteiger partial charge in [0.1, 0.15) is 0 Å². The van der Waals surface area contributed by atoms with Crippen LogP contribution in [-0.2, 0) is 4.74 Å². The molecule has 1 rings (SSSR count). The van der Waals surface area contributed by atoms with Gasteiger partial charge in [0.05, 0.1) is 12.7 Å². The van der Waals surface area contributed by atoms with E-state index < -0.39 is 0 Å². The Morgan fingerprint density at radius 1 is 1.36 bits per heavy atom. The standard InChI is InChI=1S/C12H25NO/c1-3-6-11(13)9-14-12-8-5-4-7-10(12)2/h10-12H,3-9,13H2,1-2H3. The molecule has 0 heterocycles. The Kier molecular flexibility index (Phi) is 5.49. The first-order chi connectivity index (χ1) is 6.74. The monoisotopic (exact) mass is 199 g/mol. The van der Waals surface area contributed by atoms with Gasteiger partial charge in [0, 0.05) is 6.04 Å². The summed E-state index contributed by atoms with van der Waals surface area (Å²) in [7, 11) is 0. The van der Waals surface area contributed by atoms with Crippen molar-refractivity contribution in [3.8, 4) is 0 Å². The molecule has 84 valence electrons. The molecular formula is C12H25NO. The lowest BCUT2D eigenvalue weighted by molar-refractivity contribution is -0.0118. The summed E-state index contributed by atoms with van der Waals surface area (Å²) in [5, 5.41) is 0. The minimum atomic E-state index is 0.245. The number of rotatable bonds is 5. The highest BCUT2D eigenvalue weighted by atomic mass is 16.5. The van der Waals surface area contributed by atoms with E-state index in [4.69, 9.17) is 10.5 Å². The second kappa shape index (κ2) is 6.41. The van der Waals surface area contributed by atoms with Crippen LogP contribution in [0.1, 0.15) is 52.4 Å². The maximum Gasteiger partial charge on any atom is 0.0621 e. The highest BCUT2D eigenvalue weighted by Crippen LogP contribution is 2.26. The van der Waals surface area contributed by atoms with Crippen LogP contribution in [0.15, 0.2) is 0 Å². The summed E-state index contributed by atoms with van der Waals surface area (Å²) in [6.07, 6.45) is 7.99. The normalized spacial score (nSPS) is 30.2. The van der Waals surface area contributed by atoms with Gasteiger partial charge in [-0.05, 0) is 25.2 Å². The zero-order chi connectivity index (χ0) is 10.4. The summed E-state index contributed by atoms with van der Waals surface area (Å²) >= 11 is 0. The van der Waals surface area contributed by atoms with E-state index >= 15 is 0 Å². The Morgan fingerprint density at radius 3 is 2.71 bits per heavy atom. The minimum absolute atomic E-state index is 0.245. The third-order valence-electron chi connectivity index (χ3n) is 3.22. The first-order valence-electron chi connectivity index (χ1n) is 6.11. The zero-order valence-corrected chi connectivity index (χ0v) is 9.67. The molecule has 0 aromatic carbocycles. The summed E-state index contributed by atoms with van der Waals surface area (Å²) in [5.74, 6) is 0.734. The van der Waals surface area contributed by atoms with Crippen molar-refractivity contribution >= 4 is 0 Å². The van der Waals surface area contributed by atoms with Crippen LogP contribution in [0.3, 0.4) is 0 Å². The highest BCUT2D eigenvalue weighted by molar-refractivity contribution is 4.73. The van der Waals surface area contributed by atoms with Crippen molar-refractivity contribution in [1.82, 2.24) is 0 Å². The average molecular weight is 199 g/mol. The van der Waals surface area contributed by atoms with Crippen molar-refractivity contribution in [2.24, 2.45) is 11.7 Å². The van der Waals surface area contributed by atoms with Gasteiger partial charge in [-0.3, -0.25) is 0 Å². The predicted molar refractivity (Wildman–Crippen MR) is 60.3 cm³/mol. The molecule has 1 saturated carbocycles. The van der Waals surface area contributed by atoms with E-state index in [1.807, 2.05) is 0 Å². The van der Waals surface area contributed by atoms with Gasteiger partial charge in [-0.15, -0.1) is 0 Å². The molecule has 0 radical (unpaired) electrons. The molecule has 0 spiro atoms. The van der Waals surface area contributed by atoms with Gasteiger partial charge in [0.25, 0.3) is 0 Å². The molecule has 0 aromatic rings. The Bertz CT molecular complexity index is 149. The van der Waals surface area contributed by atoms with Gasteiger partial charge in [0.15, 0.2) is 0 Å². The van der Waals surface area contributed by atoms with Gasteiger partial charge in [-0.2, -0.15) is 0 Å². The van der Waals surface area contributed by atoms with Gasteiger partial charge in [-0.25, -0.2) is 0 Å². The molecule has 0 saturated heterocycles. The quantitative estimate of drug-likeness (QED) is 0.739. The number of nitrogens with two attached hydrogens (primary N) is 1. The zero-order valence-electron chi connectivity index (χ0n) is 9.67. The number of ether oxygens (including phenoxy) is 1. The smallest absolute Gasteiger partial charge is 0.0621 e. The lowest BCUT2D eigenvalue weighted by Gasteiger charge is -2.29. The van der Waals surface area contributed by atoms with Gasteiger partial charge in [-0.1, -0.05) is 33.1 Å². The second-order valence-electron chi connectivity index (χ2n) is 4.68.